The van der Waals surface area contributed by atoms with Crippen molar-refractivity contribution in [3.05, 3.63) is 24.3 Å². The van der Waals surface area contributed by atoms with Crippen molar-refractivity contribution < 1.29 is 43.0 Å². The Morgan fingerprint density at radius 1 is 0.508 bits per heavy atom. The molecular formula is C51H99O9P. The second-order valence-corrected chi connectivity index (χ2v) is 19.0. The molecule has 0 rings (SSSR count). The molecule has 0 aromatic heterocycles. The van der Waals surface area contributed by atoms with E-state index >= 15 is 0 Å². The summed E-state index contributed by atoms with van der Waals surface area (Å²) in [6, 6.07) is 0. The summed E-state index contributed by atoms with van der Waals surface area (Å²) in [6.07, 6.45) is 52.9. The quantitative estimate of drug-likeness (QED) is 0.0236. The number of rotatable bonds is 50. The molecule has 0 radical (unpaired) electrons. The molecule has 0 saturated carbocycles. The van der Waals surface area contributed by atoms with Crippen molar-refractivity contribution in [1.29, 1.82) is 0 Å². The molecule has 10 heteroatoms. The lowest BCUT2D eigenvalue weighted by atomic mass is 10.0. The van der Waals surface area contributed by atoms with Gasteiger partial charge in [0.05, 0.1) is 26.4 Å². The van der Waals surface area contributed by atoms with Gasteiger partial charge in [0.15, 0.2) is 0 Å². The van der Waals surface area contributed by atoms with Gasteiger partial charge in [-0.25, -0.2) is 4.57 Å². The fourth-order valence-electron chi connectivity index (χ4n) is 7.45. The standard InChI is InChI=1S/C51H99O9P/c1-3-5-7-9-11-13-15-17-19-21-22-23-24-25-26-28-30-32-34-36-38-40-42-44-57-47-50(48-59-61(55,56)58-46-49(53)45-52)60-51(54)43-41-39-37-35-33-31-29-27-20-18-16-14-12-10-8-6-4-2/h12,14,18,20,49-50,52-53H,3-11,13,15-17,19,21-48H2,1-2H3,(H,55,56)/b14-12-,20-18-. The summed E-state index contributed by atoms with van der Waals surface area (Å²) in [7, 11) is -4.52. The number of carbonyl (C=O) groups is 1. The molecule has 0 aromatic carbocycles. The number of aliphatic hydroxyl groups excluding tert-OH is 2. The van der Waals surface area contributed by atoms with Crippen LogP contribution in [-0.2, 0) is 27.9 Å². The summed E-state index contributed by atoms with van der Waals surface area (Å²) in [5, 5.41) is 18.4. The minimum atomic E-state index is -4.52. The van der Waals surface area contributed by atoms with E-state index in [1.165, 1.54) is 180 Å². The van der Waals surface area contributed by atoms with Crippen molar-refractivity contribution in [2.24, 2.45) is 0 Å². The SMILES string of the molecule is CCCCC/C=C\C/C=C\CCCCCCCCCC(=O)OC(COCCCCCCCCCCCCCCCCCCCCCCCCC)COP(=O)(O)OCC(O)CO. The molecular weight excluding hydrogens is 788 g/mol. The molecule has 3 unspecified atom stereocenters. The Morgan fingerprint density at radius 3 is 1.34 bits per heavy atom. The van der Waals surface area contributed by atoms with Crippen molar-refractivity contribution in [1.82, 2.24) is 0 Å². The molecule has 3 N–H and O–H groups in total. The lowest BCUT2D eigenvalue weighted by molar-refractivity contribution is -0.154. The third-order valence-corrected chi connectivity index (χ3v) is 12.3. The van der Waals surface area contributed by atoms with Crippen LogP contribution in [0.25, 0.3) is 0 Å². The number of allylic oxidation sites excluding steroid dienone is 4. The molecule has 0 aliphatic heterocycles. The summed E-state index contributed by atoms with van der Waals surface area (Å²) in [6.45, 7) is 3.54. The normalized spacial score (nSPS) is 14.0. The van der Waals surface area contributed by atoms with Gasteiger partial charge >= 0.3 is 13.8 Å². The fourth-order valence-corrected chi connectivity index (χ4v) is 8.24. The number of unbranched alkanes of at least 4 members (excludes halogenated alkanes) is 32. The number of ether oxygens (including phenoxy) is 2. The zero-order valence-electron chi connectivity index (χ0n) is 39.9. The number of phosphoric acid groups is 1. The minimum absolute atomic E-state index is 0.0508. The molecule has 362 valence electrons. The van der Waals surface area contributed by atoms with E-state index in [0.717, 1.165) is 51.4 Å². The average Bonchev–Trinajstić information content (AvgIpc) is 3.25. The van der Waals surface area contributed by atoms with Crippen LogP contribution < -0.4 is 0 Å². The van der Waals surface area contributed by atoms with Crippen LogP contribution in [-0.4, -0.2) is 66.3 Å². The van der Waals surface area contributed by atoms with Gasteiger partial charge in [-0.2, -0.15) is 0 Å². The first-order valence-electron chi connectivity index (χ1n) is 25.8. The summed E-state index contributed by atoms with van der Waals surface area (Å²) in [5.41, 5.74) is 0. The Balaban J connectivity index is 4.02. The first-order chi connectivity index (χ1) is 29.8. The highest BCUT2D eigenvalue weighted by Crippen LogP contribution is 2.43. The van der Waals surface area contributed by atoms with Crippen LogP contribution in [0, 0.1) is 0 Å². The highest BCUT2D eigenvalue weighted by Gasteiger charge is 2.26. The maximum Gasteiger partial charge on any atom is 0.472 e. The molecule has 0 amide bonds. The van der Waals surface area contributed by atoms with Gasteiger partial charge in [0.25, 0.3) is 0 Å². The average molecular weight is 887 g/mol. The lowest BCUT2D eigenvalue weighted by Gasteiger charge is -2.20. The molecule has 0 bridgehead atoms. The molecule has 0 saturated heterocycles. The van der Waals surface area contributed by atoms with Gasteiger partial charge in [-0.15, -0.1) is 0 Å². The van der Waals surface area contributed by atoms with Crippen LogP contribution in [0.3, 0.4) is 0 Å². The molecule has 0 fully saturated rings. The molecule has 0 spiro atoms. The van der Waals surface area contributed by atoms with Crippen molar-refractivity contribution in [2.45, 2.75) is 264 Å². The van der Waals surface area contributed by atoms with E-state index in [4.69, 9.17) is 23.6 Å². The van der Waals surface area contributed by atoms with E-state index in [0.29, 0.717) is 6.61 Å². The van der Waals surface area contributed by atoms with Gasteiger partial charge < -0.3 is 24.6 Å². The van der Waals surface area contributed by atoms with E-state index in [2.05, 4.69) is 38.2 Å². The van der Waals surface area contributed by atoms with Crippen LogP contribution in [0.5, 0.6) is 0 Å². The highest BCUT2D eigenvalue weighted by atomic mass is 31.2. The van der Waals surface area contributed by atoms with Gasteiger partial charge in [-0.1, -0.05) is 224 Å². The van der Waals surface area contributed by atoms with Gasteiger partial charge in [0.1, 0.15) is 12.2 Å². The van der Waals surface area contributed by atoms with Crippen molar-refractivity contribution >= 4 is 13.8 Å². The highest BCUT2D eigenvalue weighted by molar-refractivity contribution is 7.47. The maximum atomic E-state index is 12.7. The first kappa shape index (κ1) is 59.9. The molecule has 3 atom stereocenters. The Labute approximate surface area is 376 Å². The van der Waals surface area contributed by atoms with Crippen LogP contribution in [0.4, 0.5) is 0 Å². The van der Waals surface area contributed by atoms with Crippen LogP contribution in [0.15, 0.2) is 24.3 Å². The Bertz CT molecular complexity index is 1010. The number of carbonyl (C=O) groups excluding carboxylic acids is 1. The molecule has 0 aliphatic carbocycles. The topological polar surface area (TPSA) is 132 Å². The molecule has 9 nitrogen and oxygen atoms in total. The van der Waals surface area contributed by atoms with Gasteiger partial charge in [0.2, 0.25) is 0 Å². The summed E-state index contributed by atoms with van der Waals surface area (Å²) >= 11 is 0. The second kappa shape index (κ2) is 48.4. The van der Waals surface area contributed by atoms with Crippen LogP contribution in [0.1, 0.15) is 251 Å². The number of hydrogen-bond acceptors (Lipinski definition) is 8. The van der Waals surface area contributed by atoms with Crippen molar-refractivity contribution in [2.75, 3.05) is 33.0 Å². The molecule has 61 heavy (non-hydrogen) atoms. The van der Waals surface area contributed by atoms with E-state index in [9.17, 15) is 19.4 Å². The minimum Gasteiger partial charge on any atom is -0.457 e. The number of aliphatic hydroxyl groups is 2. The summed E-state index contributed by atoms with van der Waals surface area (Å²) in [4.78, 5) is 22.7. The van der Waals surface area contributed by atoms with Crippen molar-refractivity contribution in [3.63, 3.8) is 0 Å². The predicted octanol–water partition coefficient (Wildman–Crippen LogP) is 15.0. The number of hydrogen-bond donors (Lipinski definition) is 3. The molecule has 0 aliphatic rings. The number of esters is 1. The van der Waals surface area contributed by atoms with Gasteiger partial charge in [-0.05, 0) is 44.9 Å². The monoisotopic (exact) mass is 887 g/mol. The van der Waals surface area contributed by atoms with Crippen molar-refractivity contribution in [3.8, 4) is 0 Å². The van der Waals surface area contributed by atoms with Gasteiger partial charge in [-0.3, -0.25) is 13.8 Å². The molecule has 0 heterocycles. The zero-order valence-corrected chi connectivity index (χ0v) is 40.8. The third-order valence-electron chi connectivity index (χ3n) is 11.4. The largest absolute Gasteiger partial charge is 0.472 e. The maximum absolute atomic E-state index is 12.7. The first-order valence-corrected chi connectivity index (χ1v) is 27.3. The second-order valence-electron chi connectivity index (χ2n) is 17.5. The predicted molar refractivity (Wildman–Crippen MR) is 256 cm³/mol. The Morgan fingerprint density at radius 2 is 0.885 bits per heavy atom. The van der Waals surface area contributed by atoms with Gasteiger partial charge in [0, 0.05) is 13.0 Å². The van der Waals surface area contributed by atoms with E-state index in [-0.39, 0.29) is 25.6 Å². The Kier molecular flexibility index (Phi) is 47.6. The Hall–Kier alpha value is -1.06. The lowest BCUT2D eigenvalue weighted by Crippen LogP contribution is -2.29. The summed E-state index contributed by atoms with van der Waals surface area (Å²) in [5.74, 6) is -0.385. The van der Waals surface area contributed by atoms with E-state index < -0.39 is 33.2 Å². The van der Waals surface area contributed by atoms with E-state index in [1.807, 2.05) is 0 Å². The summed E-state index contributed by atoms with van der Waals surface area (Å²) < 4.78 is 33.5. The third kappa shape index (κ3) is 48.2. The number of phosphoric ester groups is 1. The molecule has 0 aromatic rings. The smallest absolute Gasteiger partial charge is 0.457 e. The van der Waals surface area contributed by atoms with E-state index in [1.54, 1.807) is 0 Å². The zero-order chi connectivity index (χ0) is 44.6. The van der Waals surface area contributed by atoms with Crippen LogP contribution >= 0.6 is 7.82 Å². The van der Waals surface area contributed by atoms with Crippen LogP contribution in [0.2, 0.25) is 0 Å². The fraction of sp³-hybridized carbons (Fsp3) is 0.902.